The predicted octanol–water partition coefficient (Wildman–Crippen LogP) is -1.24. The molecule has 0 aromatic carbocycles. The molecule has 1 aromatic rings. The average Bonchev–Trinajstić information content (AvgIpc) is 2.01. The first-order valence-corrected chi connectivity index (χ1v) is 5.21. The van der Waals surface area contributed by atoms with E-state index in [2.05, 4.69) is 4.98 Å². The van der Waals surface area contributed by atoms with Crippen LogP contribution >= 0.6 is 0 Å². The molecule has 1 rings (SSSR count). The van der Waals surface area contributed by atoms with Crippen molar-refractivity contribution in [2.45, 2.75) is 11.4 Å². The summed E-state index contributed by atoms with van der Waals surface area (Å²) in [5.74, 6) is -0.580. The Morgan fingerprint density at radius 2 is 2.07 bits per heavy atom. The molecule has 1 aromatic heterocycles. The molecule has 0 saturated heterocycles. The Balaban J connectivity index is 3.08. The molecule has 14 heavy (non-hydrogen) atoms. The standard InChI is InChI=1S/C7H9N3O3S/c8-6(11)4-5-2-1-3-7(10-5)14(9,12)13/h1-3H,4H2,(H2,8,11)(H2,9,12,13). The van der Waals surface area contributed by atoms with E-state index in [1.165, 1.54) is 18.2 Å². The van der Waals surface area contributed by atoms with Crippen LogP contribution in [0.1, 0.15) is 5.69 Å². The molecule has 0 aliphatic heterocycles. The molecular formula is C7H9N3O3S. The lowest BCUT2D eigenvalue weighted by Crippen LogP contribution is -2.17. The fourth-order valence-corrected chi connectivity index (χ4v) is 1.41. The van der Waals surface area contributed by atoms with E-state index in [0.717, 1.165) is 0 Å². The minimum Gasteiger partial charge on any atom is -0.369 e. The Bertz CT molecular complexity index is 455. The van der Waals surface area contributed by atoms with Crippen LogP contribution in [-0.2, 0) is 21.2 Å². The molecule has 0 spiro atoms. The van der Waals surface area contributed by atoms with Crippen molar-refractivity contribution >= 4 is 15.9 Å². The number of rotatable bonds is 3. The van der Waals surface area contributed by atoms with Crippen LogP contribution in [0, 0.1) is 0 Å². The van der Waals surface area contributed by atoms with Gasteiger partial charge in [0, 0.05) is 0 Å². The van der Waals surface area contributed by atoms with Gasteiger partial charge in [0.2, 0.25) is 5.91 Å². The van der Waals surface area contributed by atoms with Crippen LogP contribution in [-0.4, -0.2) is 19.3 Å². The van der Waals surface area contributed by atoms with Gasteiger partial charge >= 0.3 is 0 Å². The zero-order valence-corrected chi connectivity index (χ0v) is 7.99. The van der Waals surface area contributed by atoms with Gasteiger partial charge in [-0.05, 0) is 12.1 Å². The number of primary amides is 1. The van der Waals surface area contributed by atoms with Crippen LogP contribution < -0.4 is 10.9 Å². The van der Waals surface area contributed by atoms with E-state index in [0.29, 0.717) is 0 Å². The highest BCUT2D eigenvalue weighted by Gasteiger charge is 2.10. The van der Waals surface area contributed by atoms with Crippen molar-refractivity contribution in [2.24, 2.45) is 10.9 Å². The van der Waals surface area contributed by atoms with E-state index in [1.807, 2.05) is 0 Å². The number of carbonyl (C=O) groups is 1. The number of hydrogen-bond donors (Lipinski definition) is 2. The summed E-state index contributed by atoms with van der Waals surface area (Å²) in [4.78, 5) is 14.2. The quantitative estimate of drug-likeness (QED) is 0.655. The van der Waals surface area contributed by atoms with Crippen molar-refractivity contribution < 1.29 is 13.2 Å². The Labute approximate surface area is 81.0 Å². The molecule has 0 atom stereocenters. The van der Waals surface area contributed by atoms with Gasteiger partial charge in [-0.2, -0.15) is 0 Å². The smallest absolute Gasteiger partial charge is 0.255 e. The van der Waals surface area contributed by atoms with Crippen LogP contribution in [0.3, 0.4) is 0 Å². The van der Waals surface area contributed by atoms with E-state index < -0.39 is 15.9 Å². The first kappa shape index (κ1) is 10.6. The number of hydrogen-bond acceptors (Lipinski definition) is 4. The SMILES string of the molecule is NC(=O)Cc1cccc(S(N)(=O)=O)n1. The zero-order chi connectivity index (χ0) is 10.8. The topological polar surface area (TPSA) is 116 Å². The molecule has 6 nitrogen and oxygen atoms in total. The Morgan fingerprint density at radius 3 is 2.57 bits per heavy atom. The Hall–Kier alpha value is -1.47. The van der Waals surface area contributed by atoms with Gasteiger partial charge in [0.05, 0.1) is 12.1 Å². The first-order valence-electron chi connectivity index (χ1n) is 3.66. The van der Waals surface area contributed by atoms with Crippen molar-refractivity contribution in [1.82, 2.24) is 4.98 Å². The molecule has 0 radical (unpaired) electrons. The van der Waals surface area contributed by atoms with Crippen molar-refractivity contribution in [3.05, 3.63) is 23.9 Å². The van der Waals surface area contributed by atoms with Gasteiger partial charge in [-0.1, -0.05) is 6.07 Å². The molecule has 4 N–H and O–H groups in total. The van der Waals surface area contributed by atoms with Crippen LogP contribution in [0.5, 0.6) is 0 Å². The van der Waals surface area contributed by atoms with E-state index in [4.69, 9.17) is 10.9 Å². The molecule has 76 valence electrons. The van der Waals surface area contributed by atoms with Crippen LogP contribution in [0.2, 0.25) is 0 Å². The van der Waals surface area contributed by atoms with Gasteiger partial charge < -0.3 is 5.73 Å². The lowest BCUT2D eigenvalue weighted by Gasteiger charge is -2.00. The number of aromatic nitrogens is 1. The summed E-state index contributed by atoms with van der Waals surface area (Å²) in [6, 6.07) is 4.20. The van der Waals surface area contributed by atoms with Gasteiger partial charge in [-0.15, -0.1) is 0 Å². The summed E-state index contributed by atoms with van der Waals surface area (Å²) in [6.07, 6.45) is -0.108. The van der Waals surface area contributed by atoms with E-state index in [1.54, 1.807) is 0 Å². The Kier molecular flexibility index (Phi) is 2.82. The van der Waals surface area contributed by atoms with Gasteiger partial charge in [-0.3, -0.25) is 4.79 Å². The summed E-state index contributed by atoms with van der Waals surface area (Å²) in [7, 11) is -3.82. The second-order valence-corrected chi connectivity index (χ2v) is 4.16. The highest BCUT2D eigenvalue weighted by Crippen LogP contribution is 2.04. The van der Waals surface area contributed by atoms with Crippen LogP contribution in [0.4, 0.5) is 0 Å². The summed E-state index contributed by atoms with van der Waals surface area (Å²) in [5.41, 5.74) is 5.21. The van der Waals surface area contributed by atoms with E-state index in [9.17, 15) is 13.2 Å². The van der Waals surface area contributed by atoms with Crippen LogP contribution in [0.15, 0.2) is 23.2 Å². The number of nitrogens with zero attached hydrogens (tertiary/aromatic N) is 1. The fraction of sp³-hybridized carbons (Fsp3) is 0.143. The largest absolute Gasteiger partial charge is 0.369 e. The molecule has 0 saturated carbocycles. The van der Waals surface area contributed by atoms with Gasteiger partial charge in [0.15, 0.2) is 5.03 Å². The summed E-state index contributed by atoms with van der Waals surface area (Å²) < 4.78 is 21.7. The molecule has 0 aliphatic carbocycles. The second kappa shape index (κ2) is 3.72. The van der Waals surface area contributed by atoms with E-state index in [-0.39, 0.29) is 17.1 Å². The van der Waals surface area contributed by atoms with Gasteiger partial charge in [0.1, 0.15) is 0 Å². The van der Waals surface area contributed by atoms with Gasteiger partial charge in [-0.25, -0.2) is 18.5 Å². The molecule has 1 heterocycles. The fourth-order valence-electron chi connectivity index (χ4n) is 0.893. The molecule has 0 fully saturated rings. The second-order valence-electron chi connectivity index (χ2n) is 2.66. The molecule has 7 heteroatoms. The maximum absolute atomic E-state index is 10.9. The minimum absolute atomic E-state index is 0.108. The number of pyridine rings is 1. The summed E-state index contributed by atoms with van der Waals surface area (Å²) >= 11 is 0. The number of primary sulfonamides is 1. The lowest BCUT2D eigenvalue weighted by molar-refractivity contribution is -0.117. The van der Waals surface area contributed by atoms with Crippen molar-refractivity contribution in [3.63, 3.8) is 0 Å². The monoisotopic (exact) mass is 215 g/mol. The Morgan fingerprint density at radius 1 is 1.43 bits per heavy atom. The number of carbonyl (C=O) groups excluding carboxylic acids is 1. The number of amides is 1. The number of nitrogens with two attached hydrogens (primary N) is 2. The molecule has 0 bridgehead atoms. The third kappa shape index (κ3) is 2.79. The zero-order valence-electron chi connectivity index (χ0n) is 7.17. The highest BCUT2D eigenvalue weighted by molar-refractivity contribution is 7.89. The normalized spacial score (nSPS) is 11.2. The summed E-state index contributed by atoms with van der Waals surface area (Å²) in [6.45, 7) is 0. The van der Waals surface area contributed by atoms with Crippen molar-refractivity contribution in [3.8, 4) is 0 Å². The predicted molar refractivity (Wildman–Crippen MR) is 48.5 cm³/mol. The van der Waals surface area contributed by atoms with Crippen molar-refractivity contribution in [1.29, 1.82) is 0 Å². The molecular weight excluding hydrogens is 206 g/mol. The average molecular weight is 215 g/mol. The highest BCUT2D eigenvalue weighted by atomic mass is 32.2. The lowest BCUT2D eigenvalue weighted by atomic mass is 10.3. The van der Waals surface area contributed by atoms with Gasteiger partial charge in [0.25, 0.3) is 10.0 Å². The molecule has 0 aliphatic rings. The summed E-state index contributed by atoms with van der Waals surface area (Å²) in [5, 5.41) is 4.58. The third-order valence-corrected chi connectivity index (χ3v) is 2.24. The molecule has 0 unspecified atom stereocenters. The number of sulfonamides is 1. The first-order chi connectivity index (χ1) is 6.39. The molecule has 1 amide bonds. The maximum atomic E-state index is 10.9. The maximum Gasteiger partial charge on any atom is 0.255 e. The van der Waals surface area contributed by atoms with E-state index >= 15 is 0 Å². The third-order valence-electron chi connectivity index (χ3n) is 1.43. The minimum atomic E-state index is -3.82. The van der Waals surface area contributed by atoms with Crippen LogP contribution in [0.25, 0.3) is 0 Å². The van der Waals surface area contributed by atoms with Crippen molar-refractivity contribution in [2.75, 3.05) is 0 Å².